The SMILES string of the molecule is CCc1cc2oc(-c3ccc(F)cc3)c(C(N)=O)c2cc1-c1cccc(C(=O)NC23CC(C2)C3)c1. The molecule has 3 fully saturated rings. The third-order valence-electron chi connectivity index (χ3n) is 7.50. The lowest BCUT2D eigenvalue weighted by Gasteiger charge is -2.61. The van der Waals surface area contributed by atoms with Gasteiger partial charge in [-0.2, -0.15) is 0 Å². The van der Waals surface area contributed by atoms with Crippen LogP contribution in [0.3, 0.4) is 0 Å². The Morgan fingerprint density at radius 1 is 1.06 bits per heavy atom. The van der Waals surface area contributed by atoms with Crippen LogP contribution in [0.4, 0.5) is 4.39 Å². The highest BCUT2D eigenvalue weighted by Gasteiger charge is 2.57. The predicted molar refractivity (Wildman–Crippen MR) is 132 cm³/mol. The fraction of sp³-hybridized carbons (Fsp3) is 0.241. The predicted octanol–water partition coefficient (Wildman–Crippen LogP) is 5.85. The van der Waals surface area contributed by atoms with E-state index in [1.165, 1.54) is 12.1 Å². The van der Waals surface area contributed by atoms with Crippen LogP contribution >= 0.6 is 0 Å². The number of carbonyl (C=O) groups excluding carboxylic acids is 2. The number of carbonyl (C=O) groups is 2. The summed E-state index contributed by atoms with van der Waals surface area (Å²) in [6.07, 6.45) is 3.98. The van der Waals surface area contributed by atoms with Gasteiger partial charge in [0.2, 0.25) is 0 Å². The van der Waals surface area contributed by atoms with Gasteiger partial charge in [0.1, 0.15) is 17.2 Å². The minimum absolute atomic E-state index is 0.00911. The van der Waals surface area contributed by atoms with Crippen LogP contribution in [-0.2, 0) is 6.42 Å². The van der Waals surface area contributed by atoms with Crippen molar-refractivity contribution in [2.24, 2.45) is 11.7 Å². The summed E-state index contributed by atoms with van der Waals surface area (Å²) < 4.78 is 19.5. The van der Waals surface area contributed by atoms with Gasteiger partial charge in [-0.05, 0) is 96.8 Å². The number of amides is 2. The van der Waals surface area contributed by atoms with Gasteiger partial charge in [0.05, 0.1) is 5.56 Å². The lowest BCUT2D eigenvalue weighted by molar-refractivity contribution is -0.0438. The molecular weight excluding hydrogens is 443 g/mol. The summed E-state index contributed by atoms with van der Waals surface area (Å²) in [7, 11) is 0. The van der Waals surface area contributed by atoms with Crippen molar-refractivity contribution in [3.63, 3.8) is 0 Å². The summed E-state index contributed by atoms with van der Waals surface area (Å²) in [6.45, 7) is 2.04. The minimum Gasteiger partial charge on any atom is -0.455 e. The van der Waals surface area contributed by atoms with Crippen LogP contribution in [-0.4, -0.2) is 17.4 Å². The van der Waals surface area contributed by atoms with Crippen LogP contribution in [0.2, 0.25) is 0 Å². The van der Waals surface area contributed by atoms with Crippen LogP contribution in [0.25, 0.3) is 33.4 Å². The van der Waals surface area contributed by atoms with Gasteiger partial charge in [-0.1, -0.05) is 19.1 Å². The van der Waals surface area contributed by atoms with Crippen LogP contribution in [0, 0.1) is 11.7 Å². The highest BCUT2D eigenvalue weighted by molar-refractivity contribution is 6.11. The molecule has 3 aromatic carbocycles. The van der Waals surface area contributed by atoms with Crippen LogP contribution in [0.15, 0.2) is 65.1 Å². The number of halogens is 1. The quantitative estimate of drug-likeness (QED) is 0.372. The first kappa shape index (κ1) is 21.6. The maximum atomic E-state index is 13.5. The summed E-state index contributed by atoms with van der Waals surface area (Å²) in [5.41, 5.74) is 10.6. The Morgan fingerprint density at radius 3 is 2.43 bits per heavy atom. The molecule has 3 saturated carbocycles. The fourth-order valence-corrected chi connectivity index (χ4v) is 5.57. The molecule has 0 saturated heterocycles. The molecule has 0 radical (unpaired) electrons. The van der Waals surface area contributed by atoms with E-state index in [1.807, 2.05) is 43.3 Å². The van der Waals surface area contributed by atoms with Crippen molar-refractivity contribution in [3.05, 3.63) is 83.2 Å². The Kier molecular flexibility index (Phi) is 4.81. The fourth-order valence-electron chi connectivity index (χ4n) is 5.57. The zero-order chi connectivity index (χ0) is 24.3. The standard InChI is InChI=1S/C29H25FN2O3/c1-2-17-11-24-23(25(27(31)33)26(35-24)18-6-8-21(30)9-7-18)12-22(17)19-4-3-5-20(10-19)28(34)32-29-13-16(14-29)15-29/h3-12,16H,2,13-15H2,1H3,(H2,31,33)(H,32,34). The number of nitrogens with one attached hydrogen (secondary N) is 1. The van der Waals surface area contributed by atoms with Crippen LogP contribution in [0.1, 0.15) is 52.5 Å². The number of primary amides is 1. The largest absolute Gasteiger partial charge is 0.455 e. The van der Waals surface area contributed by atoms with E-state index in [0.29, 0.717) is 27.9 Å². The third-order valence-corrected chi connectivity index (χ3v) is 7.50. The number of hydrogen-bond donors (Lipinski definition) is 2. The molecule has 2 bridgehead atoms. The second kappa shape index (κ2) is 7.80. The maximum Gasteiger partial charge on any atom is 0.253 e. The number of furan rings is 1. The Hall–Kier alpha value is -3.93. The number of rotatable bonds is 6. The molecule has 3 aliphatic rings. The second-order valence-corrected chi connectivity index (χ2v) is 9.83. The number of benzene rings is 3. The zero-order valence-corrected chi connectivity index (χ0v) is 19.4. The monoisotopic (exact) mass is 468 g/mol. The van der Waals surface area contributed by atoms with Gasteiger partial charge in [0.25, 0.3) is 11.8 Å². The molecule has 1 heterocycles. The summed E-state index contributed by atoms with van der Waals surface area (Å²) in [4.78, 5) is 25.4. The molecule has 3 N–H and O–H groups in total. The van der Waals surface area contributed by atoms with E-state index in [2.05, 4.69) is 5.32 Å². The lowest BCUT2D eigenvalue weighted by atomic mass is 9.50. The maximum absolute atomic E-state index is 13.5. The molecular formula is C29H25FN2O3. The molecule has 35 heavy (non-hydrogen) atoms. The first-order valence-electron chi connectivity index (χ1n) is 11.9. The molecule has 176 valence electrons. The zero-order valence-electron chi connectivity index (χ0n) is 19.4. The van der Waals surface area contributed by atoms with Crippen molar-refractivity contribution in [3.8, 4) is 22.5 Å². The van der Waals surface area contributed by atoms with E-state index >= 15 is 0 Å². The van der Waals surface area contributed by atoms with Crippen molar-refractivity contribution in [1.29, 1.82) is 0 Å². The van der Waals surface area contributed by atoms with Crippen molar-refractivity contribution in [2.45, 2.75) is 38.1 Å². The van der Waals surface area contributed by atoms with Gasteiger partial charge >= 0.3 is 0 Å². The molecule has 0 atom stereocenters. The first-order valence-corrected chi connectivity index (χ1v) is 11.9. The average molecular weight is 469 g/mol. The smallest absolute Gasteiger partial charge is 0.253 e. The van der Waals surface area contributed by atoms with E-state index < -0.39 is 5.91 Å². The van der Waals surface area contributed by atoms with Gasteiger partial charge in [0, 0.05) is 22.1 Å². The average Bonchev–Trinajstić information content (AvgIpc) is 3.18. The molecule has 7 rings (SSSR count). The van der Waals surface area contributed by atoms with Crippen molar-refractivity contribution < 1.29 is 18.4 Å². The summed E-state index contributed by atoms with van der Waals surface area (Å²) in [5, 5.41) is 3.81. The van der Waals surface area contributed by atoms with E-state index in [4.69, 9.17) is 10.2 Å². The van der Waals surface area contributed by atoms with E-state index in [0.717, 1.165) is 48.3 Å². The number of hydrogen-bond acceptors (Lipinski definition) is 3. The Labute approximate surface area is 202 Å². The van der Waals surface area contributed by atoms with Gasteiger partial charge in [0.15, 0.2) is 0 Å². The van der Waals surface area contributed by atoms with Gasteiger partial charge in [-0.3, -0.25) is 9.59 Å². The summed E-state index contributed by atoms with van der Waals surface area (Å²) >= 11 is 0. The van der Waals surface area contributed by atoms with E-state index in [1.54, 1.807) is 12.1 Å². The van der Waals surface area contributed by atoms with E-state index in [9.17, 15) is 14.0 Å². The van der Waals surface area contributed by atoms with Crippen molar-refractivity contribution in [2.75, 3.05) is 0 Å². The number of nitrogens with two attached hydrogens (primary N) is 1. The van der Waals surface area contributed by atoms with Crippen LogP contribution in [0.5, 0.6) is 0 Å². The Balaban J connectivity index is 1.44. The van der Waals surface area contributed by atoms with Crippen molar-refractivity contribution >= 4 is 22.8 Å². The highest BCUT2D eigenvalue weighted by Crippen LogP contribution is 2.57. The van der Waals surface area contributed by atoms with Gasteiger partial charge in [-0.25, -0.2) is 4.39 Å². The molecule has 0 spiro atoms. The molecule has 0 unspecified atom stereocenters. The molecule has 6 heteroatoms. The normalized spacial score (nSPS) is 20.2. The number of fused-ring (bicyclic) bond motifs is 1. The Morgan fingerprint density at radius 2 is 1.80 bits per heavy atom. The highest BCUT2D eigenvalue weighted by atomic mass is 19.1. The van der Waals surface area contributed by atoms with Crippen LogP contribution < -0.4 is 11.1 Å². The first-order chi connectivity index (χ1) is 16.9. The topological polar surface area (TPSA) is 85.3 Å². The Bertz CT molecular complexity index is 1490. The van der Waals surface area contributed by atoms with Gasteiger partial charge in [-0.15, -0.1) is 0 Å². The number of aryl methyl sites for hydroxylation is 1. The summed E-state index contributed by atoms with van der Waals surface area (Å²) in [6, 6.07) is 17.2. The molecule has 5 nitrogen and oxygen atoms in total. The molecule has 4 aromatic rings. The minimum atomic E-state index is -0.620. The lowest BCUT2D eigenvalue weighted by Crippen LogP contribution is -2.68. The molecule has 1 aromatic heterocycles. The second-order valence-electron chi connectivity index (χ2n) is 9.83. The molecule has 2 amide bonds. The van der Waals surface area contributed by atoms with E-state index in [-0.39, 0.29) is 22.8 Å². The van der Waals surface area contributed by atoms with Gasteiger partial charge < -0.3 is 15.5 Å². The van der Waals surface area contributed by atoms with Crippen molar-refractivity contribution in [1.82, 2.24) is 5.32 Å². The molecule has 0 aliphatic heterocycles. The summed E-state index contributed by atoms with van der Waals surface area (Å²) in [5.74, 6) is 0.0564. The third kappa shape index (κ3) is 3.52. The molecule has 3 aliphatic carbocycles.